The van der Waals surface area contributed by atoms with E-state index in [1.165, 1.54) is 24.8 Å². The molecular formula is C16H22BrNO. The van der Waals surface area contributed by atoms with Crippen molar-refractivity contribution in [3.63, 3.8) is 0 Å². The molecule has 2 rings (SSSR count). The van der Waals surface area contributed by atoms with E-state index in [1.54, 1.807) is 0 Å². The molecule has 19 heavy (non-hydrogen) atoms. The summed E-state index contributed by atoms with van der Waals surface area (Å²) in [5.41, 5.74) is 2.42. The summed E-state index contributed by atoms with van der Waals surface area (Å²) >= 11 is 3.60. The number of hydrogen-bond acceptors (Lipinski definition) is 2. The van der Waals surface area contributed by atoms with E-state index in [0.717, 1.165) is 34.8 Å². The molecule has 1 saturated heterocycles. The summed E-state index contributed by atoms with van der Waals surface area (Å²) in [5, 5.41) is 3.41. The second kappa shape index (κ2) is 7.11. The van der Waals surface area contributed by atoms with Gasteiger partial charge in [-0.15, -0.1) is 0 Å². The highest BCUT2D eigenvalue weighted by Crippen LogP contribution is 2.28. The second-order valence-electron chi connectivity index (χ2n) is 5.41. The molecule has 1 aromatic carbocycles. The van der Waals surface area contributed by atoms with Gasteiger partial charge in [0, 0.05) is 0 Å². The van der Waals surface area contributed by atoms with E-state index in [9.17, 15) is 0 Å². The van der Waals surface area contributed by atoms with Gasteiger partial charge < -0.3 is 10.1 Å². The number of halogens is 1. The molecule has 0 atom stereocenters. The molecule has 0 spiro atoms. The first-order valence-corrected chi connectivity index (χ1v) is 7.71. The average Bonchev–Trinajstić information content (AvgIpc) is 2.39. The third-order valence-electron chi connectivity index (χ3n) is 3.45. The summed E-state index contributed by atoms with van der Waals surface area (Å²) in [6.45, 7) is 8.71. The van der Waals surface area contributed by atoms with Gasteiger partial charge in [0.2, 0.25) is 0 Å². The molecule has 0 radical (unpaired) electrons. The van der Waals surface area contributed by atoms with Crippen LogP contribution in [-0.2, 0) is 6.42 Å². The lowest BCUT2D eigenvalue weighted by molar-refractivity contribution is 0.349. The third-order valence-corrected chi connectivity index (χ3v) is 4.07. The average molecular weight is 324 g/mol. The summed E-state index contributed by atoms with van der Waals surface area (Å²) in [4.78, 5) is 0. The van der Waals surface area contributed by atoms with E-state index in [2.05, 4.69) is 46.0 Å². The molecule has 3 heteroatoms. The number of hydrogen-bond donors (Lipinski definition) is 1. The standard InChI is InChI=1S/C16H22BrNO/c1-12(2)11-19-16-4-3-14(10-15(16)17)9-13-5-7-18-8-6-13/h3-4,10,13,18H,1,5-9,11H2,2H3. The fourth-order valence-corrected chi connectivity index (χ4v) is 2.95. The molecule has 0 aliphatic carbocycles. The van der Waals surface area contributed by atoms with Crippen LogP contribution in [0.1, 0.15) is 25.3 Å². The lowest BCUT2D eigenvalue weighted by atomic mass is 9.91. The second-order valence-corrected chi connectivity index (χ2v) is 6.26. The van der Waals surface area contributed by atoms with Gasteiger partial charge in [-0.1, -0.05) is 12.6 Å². The molecule has 1 aliphatic heterocycles. The summed E-state index contributed by atoms with van der Waals surface area (Å²) in [6.07, 6.45) is 3.73. The van der Waals surface area contributed by atoms with Gasteiger partial charge >= 0.3 is 0 Å². The Morgan fingerprint density at radius 3 is 2.79 bits per heavy atom. The zero-order chi connectivity index (χ0) is 13.7. The predicted octanol–water partition coefficient (Wildman–Crippen LogP) is 3.95. The number of piperidine rings is 1. The van der Waals surface area contributed by atoms with Gasteiger partial charge in [0.25, 0.3) is 0 Å². The van der Waals surface area contributed by atoms with Gasteiger partial charge in [0.15, 0.2) is 0 Å². The Kier molecular flexibility index (Phi) is 5.46. The maximum atomic E-state index is 5.69. The van der Waals surface area contributed by atoms with Crippen LogP contribution in [0.15, 0.2) is 34.8 Å². The molecule has 0 unspecified atom stereocenters. The van der Waals surface area contributed by atoms with Crippen LogP contribution in [0.2, 0.25) is 0 Å². The fourth-order valence-electron chi connectivity index (χ4n) is 2.41. The number of benzene rings is 1. The van der Waals surface area contributed by atoms with E-state index in [4.69, 9.17) is 4.74 Å². The molecule has 2 nitrogen and oxygen atoms in total. The van der Waals surface area contributed by atoms with Crippen LogP contribution in [0.3, 0.4) is 0 Å². The Balaban J connectivity index is 1.95. The van der Waals surface area contributed by atoms with Crippen molar-refractivity contribution in [2.75, 3.05) is 19.7 Å². The van der Waals surface area contributed by atoms with E-state index in [1.807, 2.05) is 6.92 Å². The zero-order valence-electron chi connectivity index (χ0n) is 11.5. The van der Waals surface area contributed by atoms with Crippen molar-refractivity contribution in [3.05, 3.63) is 40.4 Å². The van der Waals surface area contributed by atoms with Crippen molar-refractivity contribution in [2.24, 2.45) is 5.92 Å². The molecule has 0 saturated carbocycles. The molecule has 1 aliphatic rings. The summed E-state index contributed by atoms with van der Waals surface area (Å²) < 4.78 is 6.73. The lowest BCUT2D eigenvalue weighted by Crippen LogP contribution is -2.28. The number of ether oxygens (including phenoxy) is 1. The smallest absolute Gasteiger partial charge is 0.133 e. The largest absolute Gasteiger partial charge is 0.488 e. The Bertz CT molecular complexity index is 438. The number of rotatable bonds is 5. The van der Waals surface area contributed by atoms with Crippen molar-refractivity contribution in [3.8, 4) is 5.75 Å². The van der Waals surface area contributed by atoms with Crippen LogP contribution in [-0.4, -0.2) is 19.7 Å². The summed E-state index contributed by atoms with van der Waals surface area (Å²) in [6, 6.07) is 6.43. The normalized spacial score (nSPS) is 16.3. The molecular weight excluding hydrogens is 302 g/mol. The van der Waals surface area contributed by atoms with Gasteiger partial charge in [0.1, 0.15) is 12.4 Å². The summed E-state index contributed by atoms with van der Waals surface area (Å²) in [7, 11) is 0. The van der Waals surface area contributed by atoms with Crippen LogP contribution >= 0.6 is 15.9 Å². The van der Waals surface area contributed by atoms with E-state index >= 15 is 0 Å². The minimum atomic E-state index is 0.576. The molecule has 1 aromatic rings. The zero-order valence-corrected chi connectivity index (χ0v) is 13.1. The summed E-state index contributed by atoms with van der Waals surface area (Å²) in [5.74, 6) is 1.72. The highest BCUT2D eigenvalue weighted by Gasteiger charge is 2.14. The molecule has 0 aromatic heterocycles. The van der Waals surface area contributed by atoms with E-state index in [-0.39, 0.29) is 0 Å². The van der Waals surface area contributed by atoms with Gasteiger partial charge in [0.05, 0.1) is 4.47 Å². The van der Waals surface area contributed by atoms with Crippen molar-refractivity contribution < 1.29 is 4.74 Å². The highest BCUT2D eigenvalue weighted by atomic mass is 79.9. The van der Waals surface area contributed by atoms with Crippen molar-refractivity contribution in [1.82, 2.24) is 5.32 Å². The minimum Gasteiger partial charge on any atom is -0.488 e. The van der Waals surface area contributed by atoms with Crippen molar-refractivity contribution >= 4 is 15.9 Å². The highest BCUT2D eigenvalue weighted by molar-refractivity contribution is 9.10. The maximum Gasteiger partial charge on any atom is 0.133 e. The first-order chi connectivity index (χ1) is 9.15. The van der Waals surface area contributed by atoms with Crippen LogP contribution in [0.5, 0.6) is 5.75 Å². The van der Waals surface area contributed by atoms with Crippen LogP contribution in [0.4, 0.5) is 0 Å². The van der Waals surface area contributed by atoms with E-state index < -0.39 is 0 Å². The van der Waals surface area contributed by atoms with Gasteiger partial charge in [-0.05, 0) is 84.4 Å². The minimum absolute atomic E-state index is 0.576. The van der Waals surface area contributed by atoms with Crippen LogP contribution in [0, 0.1) is 5.92 Å². The predicted molar refractivity (Wildman–Crippen MR) is 83.7 cm³/mol. The lowest BCUT2D eigenvalue weighted by Gasteiger charge is -2.22. The van der Waals surface area contributed by atoms with Gasteiger partial charge in [-0.3, -0.25) is 0 Å². The SMILES string of the molecule is C=C(C)COc1ccc(CC2CCNCC2)cc1Br. The molecule has 1 N–H and O–H groups in total. The first kappa shape index (κ1) is 14.6. The third kappa shape index (κ3) is 4.66. The first-order valence-electron chi connectivity index (χ1n) is 6.91. The molecule has 1 fully saturated rings. The molecule has 104 valence electrons. The molecule has 0 bridgehead atoms. The monoisotopic (exact) mass is 323 g/mol. The maximum absolute atomic E-state index is 5.69. The quantitative estimate of drug-likeness (QED) is 0.828. The Hall–Kier alpha value is -0.800. The van der Waals surface area contributed by atoms with Crippen LogP contribution in [0.25, 0.3) is 0 Å². The Morgan fingerprint density at radius 1 is 1.42 bits per heavy atom. The van der Waals surface area contributed by atoms with Gasteiger partial charge in [-0.2, -0.15) is 0 Å². The topological polar surface area (TPSA) is 21.3 Å². The molecule has 1 heterocycles. The Morgan fingerprint density at radius 2 is 2.16 bits per heavy atom. The van der Waals surface area contributed by atoms with Gasteiger partial charge in [-0.25, -0.2) is 0 Å². The van der Waals surface area contributed by atoms with Crippen molar-refractivity contribution in [2.45, 2.75) is 26.2 Å². The molecule has 0 amide bonds. The van der Waals surface area contributed by atoms with Crippen LogP contribution < -0.4 is 10.1 Å². The number of nitrogens with one attached hydrogen (secondary N) is 1. The Labute approximate surface area is 124 Å². The van der Waals surface area contributed by atoms with Crippen molar-refractivity contribution in [1.29, 1.82) is 0 Å². The van der Waals surface area contributed by atoms with E-state index in [0.29, 0.717) is 6.61 Å². The fraction of sp³-hybridized carbons (Fsp3) is 0.500.